The van der Waals surface area contributed by atoms with E-state index in [1.165, 1.54) is 11.1 Å². The number of hydrogen-bond donors (Lipinski definition) is 8. The second-order valence-corrected chi connectivity index (χ2v) is 12.9. The Labute approximate surface area is 282 Å². The molecule has 13 heteroatoms. The topological polar surface area (TPSA) is 265 Å². The Morgan fingerprint density at radius 2 is 1.20 bits per heavy atom. The molecule has 0 amide bonds. The van der Waals surface area contributed by atoms with Crippen LogP contribution in [0.5, 0.6) is 0 Å². The first-order chi connectivity index (χ1) is 23.1. The number of carboxylic acid groups (broad SMARTS) is 5. The molecule has 8 unspecified atom stereocenters. The lowest BCUT2D eigenvalue weighted by Crippen LogP contribution is -2.53. The molecule has 3 aromatic rings. The van der Waals surface area contributed by atoms with Crippen LogP contribution in [-0.2, 0) is 43.2 Å². The van der Waals surface area contributed by atoms with Crippen LogP contribution in [0.4, 0.5) is 0 Å². The molecule has 0 saturated carbocycles. The number of carboxylic acids is 5. The van der Waals surface area contributed by atoms with Crippen molar-refractivity contribution in [2.24, 2.45) is 29.0 Å². The fraction of sp³-hybridized carbons (Fsp3) is 0.361. The summed E-state index contributed by atoms with van der Waals surface area (Å²) in [5.41, 5.74) is 20.7. The zero-order chi connectivity index (χ0) is 36.2. The lowest BCUT2D eigenvalue weighted by atomic mass is 9.85. The van der Waals surface area contributed by atoms with Crippen molar-refractivity contribution < 1.29 is 49.5 Å². The summed E-state index contributed by atoms with van der Waals surface area (Å²) in [5, 5.41) is 45.3. The Hall–Kier alpha value is -5.11. The molecule has 260 valence electrons. The summed E-state index contributed by atoms with van der Waals surface area (Å²) in [5.74, 6) is -7.65. The Morgan fingerprint density at radius 1 is 0.714 bits per heavy atom. The second-order valence-electron chi connectivity index (χ2n) is 12.9. The Bertz CT molecular complexity index is 1740. The van der Waals surface area contributed by atoms with Gasteiger partial charge in [0.1, 0.15) is 17.5 Å². The van der Waals surface area contributed by atoms with Crippen LogP contribution in [0.3, 0.4) is 0 Å². The van der Waals surface area contributed by atoms with Gasteiger partial charge < -0.3 is 42.7 Å². The van der Waals surface area contributed by atoms with Crippen LogP contribution in [0.2, 0.25) is 0 Å². The largest absolute Gasteiger partial charge is 0.481 e. The van der Waals surface area contributed by atoms with Gasteiger partial charge in [0.2, 0.25) is 0 Å². The molecule has 8 atom stereocenters. The third-order valence-corrected chi connectivity index (χ3v) is 9.79. The third kappa shape index (κ3) is 7.64. The zero-order valence-corrected chi connectivity index (χ0v) is 26.8. The average molecular weight is 676 g/mol. The van der Waals surface area contributed by atoms with Crippen molar-refractivity contribution in [3.05, 3.63) is 106 Å². The molecule has 3 aliphatic rings. The molecule has 0 bridgehead atoms. The summed E-state index contributed by atoms with van der Waals surface area (Å²) >= 11 is 0. The predicted octanol–water partition coefficient (Wildman–Crippen LogP) is 2.40. The summed E-state index contributed by atoms with van der Waals surface area (Å²) in [6.45, 7) is 1.96. The van der Waals surface area contributed by atoms with E-state index in [0.717, 1.165) is 12.0 Å². The van der Waals surface area contributed by atoms with Gasteiger partial charge in [0, 0.05) is 18.4 Å². The van der Waals surface area contributed by atoms with Crippen molar-refractivity contribution in [2.45, 2.75) is 68.0 Å². The van der Waals surface area contributed by atoms with Crippen LogP contribution in [0.1, 0.15) is 64.5 Å². The quantitative estimate of drug-likeness (QED) is 0.171. The zero-order valence-electron chi connectivity index (χ0n) is 26.8. The maximum absolute atomic E-state index is 11.3. The van der Waals surface area contributed by atoms with Crippen LogP contribution in [-0.4, -0.2) is 73.0 Å². The van der Waals surface area contributed by atoms with Gasteiger partial charge in [-0.1, -0.05) is 72.8 Å². The molecule has 3 aliphatic carbocycles. The van der Waals surface area contributed by atoms with E-state index >= 15 is 0 Å². The molecule has 0 fully saturated rings. The number of carbonyl (C=O) groups is 5. The summed E-state index contributed by atoms with van der Waals surface area (Å²) < 4.78 is 0. The number of hydrogen-bond acceptors (Lipinski definition) is 8. The fourth-order valence-corrected chi connectivity index (χ4v) is 7.39. The average Bonchev–Trinajstić information content (AvgIpc) is 3.71. The molecule has 6 rings (SSSR count). The van der Waals surface area contributed by atoms with Gasteiger partial charge >= 0.3 is 29.8 Å². The van der Waals surface area contributed by atoms with Crippen LogP contribution < -0.4 is 17.2 Å². The smallest absolute Gasteiger partial charge is 0.325 e. The van der Waals surface area contributed by atoms with Gasteiger partial charge in [-0.3, -0.25) is 24.0 Å². The minimum Gasteiger partial charge on any atom is -0.481 e. The van der Waals surface area contributed by atoms with E-state index in [4.69, 9.17) is 37.6 Å². The number of nitrogens with two attached hydrogens (primary N) is 3. The SMILES string of the molecule is CC(N)C1Cc2ccccc2C1CC(=O)O.NC(C(=O)O)C1Cc2ccccc2C1C(=O)O.NC1(C(=O)O)Cc2ccccc2C1C(=O)O. The highest BCUT2D eigenvalue weighted by Gasteiger charge is 2.53. The van der Waals surface area contributed by atoms with E-state index in [9.17, 15) is 29.1 Å². The van der Waals surface area contributed by atoms with Crippen LogP contribution in [0.25, 0.3) is 0 Å². The van der Waals surface area contributed by atoms with Gasteiger partial charge in [-0.05, 0) is 65.0 Å². The summed E-state index contributed by atoms with van der Waals surface area (Å²) in [6, 6.07) is 20.8. The first kappa shape index (κ1) is 36.7. The van der Waals surface area contributed by atoms with Gasteiger partial charge in [0.05, 0.1) is 12.3 Å². The second kappa shape index (κ2) is 15.0. The monoisotopic (exact) mass is 675 g/mol. The van der Waals surface area contributed by atoms with E-state index in [2.05, 4.69) is 6.07 Å². The van der Waals surface area contributed by atoms with Crippen molar-refractivity contribution >= 4 is 29.8 Å². The third-order valence-electron chi connectivity index (χ3n) is 9.79. The van der Waals surface area contributed by atoms with Crippen molar-refractivity contribution in [2.75, 3.05) is 0 Å². The summed E-state index contributed by atoms with van der Waals surface area (Å²) in [7, 11) is 0. The van der Waals surface area contributed by atoms with Gasteiger partial charge in [0.15, 0.2) is 0 Å². The summed E-state index contributed by atoms with van der Waals surface area (Å²) in [6.07, 6.45) is 1.55. The predicted molar refractivity (Wildman–Crippen MR) is 177 cm³/mol. The summed E-state index contributed by atoms with van der Waals surface area (Å²) in [4.78, 5) is 55.3. The number of rotatable bonds is 8. The van der Waals surface area contributed by atoms with Crippen molar-refractivity contribution in [3.8, 4) is 0 Å². The lowest BCUT2D eigenvalue weighted by molar-refractivity contribution is -0.151. The lowest BCUT2D eigenvalue weighted by Gasteiger charge is -2.23. The molecule has 11 N–H and O–H groups in total. The Kier molecular flexibility index (Phi) is 11.2. The molecule has 0 spiro atoms. The number of aliphatic carboxylic acids is 5. The first-order valence-corrected chi connectivity index (χ1v) is 15.7. The minimum absolute atomic E-state index is 0.0387. The van der Waals surface area contributed by atoms with Crippen LogP contribution in [0.15, 0.2) is 72.8 Å². The van der Waals surface area contributed by atoms with E-state index in [-0.39, 0.29) is 30.7 Å². The normalized spacial score (nSPS) is 25.5. The van der Waals surface area contributed by atoms with Crippen molar-refractivity contribution in [3.63, 3.8) is 0 Å². The number of fused-ring (bicyclic) bond motifs is 3. The standard InChI is InChI=1S/C13H17NO2.C12H13NO4.C11H11NO4/c1-8(14)11-6-9-4-2-3-5-10(9)12(11)7-13(15)16;13-10(12(16)17)8-5-6-3-1-2-4-7(6)9(8)11(14)15;12-11(10(15)16)5-6-3-1-2-4-7(6)8(11)9(13)14/h2-5,8,11-12H,6-7,14H2,1H3,(H,15,16);1-4,8-10H,5,13H2,(H,14,15)(H,16,17);1-4,8H,5,12H2,(H,13,14)(H,15,16). The number of benzene rings is 3. The van der Waals surface area contributed by atoms with Gasteiger partial charge in [-0.15, -0.1) is 0 Å². The Balaban J connectivity index is 0.000000166. The van der Waals surface area contributed by atoms with E-state index in [1.54, 1.807) is 36.4 Å². The maximum atomic E-state index is 11.3. The molecule has 0 saturated heterocycles. The Morgan fingerprint density at radius 3 is 1.69 bits per heavy atom. The molecule has 13 nitrogen and oxygen atoms in total. The van der Waals surface area contributed by atoms with Gasteiger partial charge in [-0.25, -0.2) is 0 Å². The molecule has 3 aromatic carbocycles. The van der Waals surface area contributed by atoms with Crippen molar-refractivity contribution in [1.29, 1.82) is 0 Å². The van der Waals surface area contributed by atoms with E-state index < -0.39 is 59.2 Å². The fourth-order valence-electron chi connectivity index (χ4n) is 7.39. The highest BCUT2D eigenvalue weighted by molar-refractivity contribution is 5.93. The van der Waals surface area contributed by atoms with E-state index in [1.807, 2.05) is 37.3 Å². The molecular weight excluding hydrogens is 634 g/mol. The van der Waals surface area contributed by atoms with Crippen molar-refractivity contribution in [1.82, 2.24) is 0 Å². The molecule has 0 heterocycles. The molecule has 49 heavy (non-hydrogen) atoms. The van der Waals surface area contributed by atoms with Gasteiger partial charge in [0.25, 0.3) is 0 Å². The highest BCUT2D eigenvalue weighted by Crippen LogP contribution is 2.42. The van der Waals surface area contributed by atoms with Gasteiger partial charge in [-0.2, -0.15) is 0 Å². The molecule has 0 aliphatic heterocycles. The highest BCUT2D eigenvalue weighted by atomic mass is 16.4. The molecule has 0 aromatic heterocycles. The minimum atomic E-state index is -1.74. The van der Waals surface area contributed by atoms with Crippen LogP contribution in [0, 0.1) is 11.8 Å². The first-order valence-electron chi connectivity index (χ1n) is 15.7. The maximum Gasteiger partial charge on any atom is 0.325 e. The van der Waals surface area contributed by atoms with E-state index in [0.29, 0.717) is 23.1 Å². The molecular formula is C36H41N3O10. The molecule has 0 radical (unpaired) electrons. The van der Waals surface area contributed by atoms with Crippen LogP contribution >= 0.6 is 0 Å².